The van der Waals surface area contributed by atoms with Crippen LogP contribution >= 0.6 is 0 Å². The van der Waals surface area contributed by atoms with Crippen LogP contribution in [-0.4, -0.2) is 11.1 Å². The predicted octanol–water partition coefficient (Wildman–Crippen LogP) is 3.26. The van der Waals surface area contributed by atoms with Crippen LogP contribution in [0.25, 0.3) is 0 Å². The Morgan fingerprint density at radius 3 is 2.43 bits per heavy atom. The lowest BCUT2D eigenvalue weighted by molar-refractivity contribution is -0.140. The summed E-state index contributed by atoms with van der Waals surface area (Å²) < 4.78 is 0. The molecule has 0 aromatic heterocycles. The molecule has 0 aliphatic heterocycles. The molecule has 0 rings (SSSR count). The smallest absolute Gasteiger partial charge is 0.306 e. The fourth-order valence-corrected chi connectivity index (χ4v) is 1.13. The second-order valence-corrected chi connectivity index (χ2v) is 4.13. The third-order valence-corrected chi connectivity index (χ3v) is 1.94. The van der Waals surface area contributed by atoms with Crippen LogP contribution in [0.15, 0.2) is 24.3 Å². The molecule has 2 heteroatoms. The van der Waals surface area contributed by atoms with Gasteiger partial charge in [0.25, 0.3) is 0 Å². The molecule has 0 heterocycles. The van der Waals surface area contributed by atoms with Gasteiger partial charge in [-0.25, -0.2) is 0 Å². The fourth-order valence-electron chi connectivity index (χ4n) is 1.13. The van der Waals surface area contributed by atoms with E-state index in [2.05, 4.69) is 20.4 Å². The molecule has 2 nitrogen and oxygen atoms in total. The van der Waals surface area contributed by atoms with Crippen LogP contribution in [0, 0.1) is 11.8 Å². The van der Waals surface area contributed by atoms with E-state index in [0.29, 0.717) is 12.3 Å². The van der Waals surface area contributed by atoms with Crippen molar-refractivity contribution in [2.24, 2.45) is 11.8 Å². The number of aliphatic carboxylic acids is 1. The summed E-state index contributed by atoms with van der Waals surface area (Å²) in [6, 6.07) is 0. The molecule has 1 atom stereocenters. The van der Waals surface area contributed by atoms with Crippen molar-refractivity contribution < 1.29 is 9.90 Å². The zero-order chi connectivity index (χ0) is 11.1. The molecule has 0 aromatic carbocycles. The van der Waals surface area contributed by atoms with E-state index < -0.39 is 5.97 Å². The highest BCUT2D eigenvalue weighted by Crippen LogP contribution is 2.11. The molecule has 0 aliphatic rings. The summed E-state index contributed by atoms with van der Waals surface area (Å²) >= 11 is 0. The molecule has 0 radical (unpaired) electrons. The largest absolute Gasteiger partial charge is 0.481 e. The Hall–Kier alpha value is -1.05. The van der Waals surface area contributed by atoms with Gasteiger partial charge in [0.2, 0.25) is 0 Å². The highest BCUT2D eigenvalue weighted by molar-refractivity contribution is 5.69. The Kier molecular flexibility index (Phi) is 5.93. The second kappa shape index (κ2) is 6.41. The maximum atomic E-state index is 10.5. The van der Waals surface area contributed by atoms with Gasteiger partial charge in [0.15, 0.2) is 0 Å². The molecule has 0 fully saturated rings. The van der Waals surface area contributed by atoms with Crippen LogP contribution in [0.2, 0.25) is 0 Å². The van der Waals surface area contributed by atoms with E-state index in [-0.39, 0.29) is 5.92 Å². The van der Waals surface area contributed by atoms with Gasteiger partial charge in [0, 0.05) is 0 Å². The molecule has 80 valence electrons. The summed E-state index contributed by atoms with van der Waals surface area (Å²) in [5.41, 5.74) is 1.07. The third-order valence-electron chi connectivity index (χ3n) is 1.94. The number of rotatable bonds is 6. The molecule has 14 heavy (non-hydrogen) atoms. The highest BCUT2D eigenvalue weighted by Gasteiger charge is 2.07. The van der Waals surface area contributed by atoms with Crippen molar-refractivity contribution in [2.75, 3.05) is 0 Å². The SMILES string of the molecule is C=C(/C=C\CC(C)C(=O)O)CC(C)C. The van der Waals surface area contributed by atoms with Crippen LogP contribution in [0.4, 0.5) is 0 Å². The van der Waals surface area contributed by atoms with Crippen molar-refractivity contribution in [1.82, 2.24) is 0 Å². The van der Waals surface area contributed by atoms with Gasteiger partial charge >= 0.3 is 5.97 Å². The van der Waals surface area contributed by atoms with Crippen LogP contribution < -0.4 is 0 Å². The Labute approximate surface area is 86.3 Å². The van der Waals surface area contributed by atoms with Crippen molar-refractivity contribution in [3.8, 4) is 0 Å². The lowest BCUT2D eigenvalue weighted by atomic mass is 10.0. The average molecular weight is 196 g/mol. The molecule has 0 saturated heterocycles. The van der Waals surface area contributed by atoms with Crippen molar-refractivity contribution in [3.05, 3.63) is 24.3 Å². The van der Waals surface area contributed by atoms with E-state index in [0.717, 1.165) is 12.0 Å². The third kappa shape index (κ3) is 6.46. The predicted molar refractivity (Wildman–Crippen MR) is 59.2 cm³/mol. The number of allylic oxidation sites excluding steroid dienone is 3. The molecular formula is C12H20O2. The van der Waals surface area contributed by atoms with Crippen LogP contribution in [-0.2, 0) is 4.79 Å². The lowest BCUT2D eigenvalue weighted by Crippen LogP contribution is -2.07. The number of carboxylic acid groups (broad SMARTS) is 1. The Bertz CT molecular complexity index is 226. The monoisotopic (exact) mass is 196 g/mol. The summed E-state index contributed by atoms with van der Waals surface area (Å²) in [6.07, 6.45) is 5.37. The quantitative estimate of drug-likeness (QED) is 0.662. The fraction of sp³-hybridized carbons (Fsp3) is 0.583. The average Bonchev–Trinajstić information content (AvgIpc) is 2.02. The second-order valence-electron chi connectivity index (χ2n) is 4.13. The highest BCUT2D eigenvalue weighted by atomic mass is 16.4. The molecule has 0 bridgehead atoms. The van der Waals surface area contributed by atoms with Gasteiger partial charge in [0.1, 0.15) is 0 Å². The summed E-state index contributed by atoms with van der Waals surface area (Å²) in [5.74, 6) is -0.453. The van der Waals surface area contributed by atoms with E-state index in [1.165, 1.54) is 0 Å². The van der Waals surface area contributed by atoms with Gasteiger partial charge in [-0.1, -0.05) is 45.1 Å². The van der Waals surface area contributed by atoms with Crippen molar-refractivity contribution >= 4 is 5.97 Å². The van der Waals surface area contributed by atoms with E-state index in [1.807, 2.05) is 12.2 Å². The van der Waals surface area contributed by atoms with Crippen LogP contribution in [0.5, 0.6) is 0 Å². The molecule has 1 N–H and O–H groups in total. The van der Waals surface area contributed by atoms with E-state index in [4.69, 9.17) is 5.11 Å². The molecule has 0 aliphatic carbocycles. The minimum Gasteiger partial charge on any atom is -0.481 e. The molecule has 1 unspecified atom stereocenters. The number of hydrogen-bond donors (Lipinski definition) is 1. The van der Waals surface area contributed by atoms with Gasteiger partial charge in [-0.15, -0.1) is 0 Å². The maximum absolute atomic E-state index is 10.5. The summed E-state index contributed by atoms with van der Waals surface area (Å²) in [7, 11) is 0. The number of carbonyl (C=O) groups is 1. The Morgan fingerprint density at radius 2 is 2.00 bits per heavy atom. The first-order valence-electron chi connectivity index (χ1n) is 5.00. The lowest BCUT2D eigenvalue weighted by Gasteiger charge is -2.04. The van der Waals surface area contributed by atoms with Crippen LogP contribution in [0.3, 0.4) is 0 Å². The summed E-state index contributed by atoms with van der Waals surface area (Å²) in [4.78, 5) is 10.5. The normalized spacial score (nSPS) is 13.4. The molecule has 0 aromatic rings. The molecule has 0 saturated carbocycles. The van der Waals surface area contributed by atoms with E-state index >= 15 is 0 Å². The Balaban J connectivity index is 3.83. The summed E-state index contributed by atoms with van der Waals surface area (Å²) in [6.45, 7) is 9.88. The maximum Gasteiger partial charge on any atom is 0.306 e. The van der Waals surface area contributed by atoms with Crippen molar-refractivity contribution in [2.45, 2.75) is 33.6 Å². The van der Waals surface area contributed by atoms with Gasteiger partial charge < -0.3 is 5.11 Å². The first-order chi connectivity index (χ1) is 6.43. The van der Waals surface area contributed by atoms with Crippen molar-refractivity contribution in [3.63, 3.8) is 0 Å². The van der Waals surface area contributed by atoms with E-state index in [9.17, 15) is 4.79 Å². The standard InChI is InChI=1S/C12H20O2/c1-9(2)8-10(3)6-5-7-11(4)12(13)14/h5-6,9,11H,3,7-8H2,1-2,4H3,(H,13,14)/b6-5-. The zero-order valence-electron chi connectivity index (χ0n) is 9.29. The van der Waals surface area contributed by atoms with Gasteiger partial charge in [-0.3, -0.25) is 4.79 Å². The minimum absolute atomic E-state index is 0.307. The van der Waals surface area contributed by atoms with Crippen LogP contribution in [0.1, 0.15) is 33.6 Å². The zero-order valence-corrected chi connectivity index (χ0v) is 9.29. The van der Waals surface area contributed by atoms with Crippen molar-refractivity contribution in [1.29, 1.82) is 0 Å². The van der Waals surface area contributed by atoms with E-state index in [1.54, 1.807) is 6.92 Å². The van der Waals surface area contributed by atoms with Gasteiger partial charge in [-0.05, 0) is 18.8 Å². The number of carboxylic acids is 1. The van der Waals surface area contributed by atoms with Gasteiger partial charge in [0.05, 0.1) is 5.92 Å². The topological polar surface area (TPSA) is 37.3 Å². The Morgan fingerprint density at radius 1 is 1.43 bits per heavy atom. The summed E-state index contributed by atoms with van der Waals surface area (Å²) in [5, 5.41) is 8.64. The number of hydrogen-bond acceptors (Lipinski definition) is 1. The molecule has 0 amide bonds. The molecule has 0 spiro atoms. The minimum atomic E-state index is -0.746. The first kappa shape index (κ1) is 12.9. The first-order valence-corrected chi connectivity index (χ1v) is 5.00. The van der Waals surface area contributed by atoms with Gasteiger partial charge in [-0.2, -0.15) is 0 Å². The molecular weight excluding hydrogens is 176 g/mol.